The van der Waals surface area contributed by atoms with Crippen molar-refractivity contribution in [2.75, 3.05) is 30.9 Å². The van der Waals surface area contributed by atoms with E-state index in [2.05, 4.69) is 27.2 Å². The van der Waals surface area contributed by atoms with Gasteiger partial charge in [0.25, 0.3) is 0 Å². The largest absolute Gasteiger partial charge is 0.372 e. The van der Waals surface area contributed by atoms with Crippen LogP contribution in [-0.4, -0.2) is 46.5 Å². The van der Waals surface area contributed by atoms with Gasteiger partial charge in [-0.1, -0.05) is 0 Å². The molecule has 5 heteroatoms. The van der Waals surface area contributed by atoms with Crippen LogP contribution in [0.4, 0.5) is 5.82 Å². The van der Waals surface area contributed by atoms with Crippen molar-refractivity contribution in [3.8, 4) is 0 Å². The number of nitrogens with zero attached hydrogens (tertiary/aromatic N) is 3. The van der Waals surface area contributed by atoms with Gasteiger partial charge in [-0.2, -0.15) is 11.8 Å². The van der Waals surface area contributed by atoms with Crippen LogP contribution in [0.3, 0.4) is 0 Å². The summed E-state index contributed by atoms with van der Waals surface area (Å²) < 4.78 is 0. The molecule has 0 bridgehead atoms. The van der Waals surface area contributed by atoms with Crippen LogP contribution in [0.1, 0.15) is 12.1 Å². The van der Waals surface area contributed by atoms with Crippen molar-refractivity contribution in [1.29, 1.82) is 0 Å². The van der Waals surface area contributed by atoms with Gasteiger partial charge >= 0.3 is 0 Å². The van der Waals surface area contributed by atoms with Gasteiger partial charge < -0.3 is 5.32 Å². The number of nitrogens with one attached hydrogen (secondary N) is 1. The average molecular weight is 238 g/mol. The monoisotopic (exact) mass is 238 g/mol. The van der Waals surface area contributed by atoms with E-state index in [-0.39, 0.29) is 0 Å². The lowest BCUT2D eigenvalue weighted by molar-refractivity contribution is 0.251. The Morgan fingerprint density at radius 3 is 2.94 bits per heavy atom. The van der Waals surface area contributed by atoms with Gasteiger partial charge in [0.05, 0.1) is 18.1 Å². The fraction of sp³-hybridized carbons (Fsp3) is 0.636. The SMILES string of the molecule is CNc1cnc(CN(C)C2CCSC2)cn1. The highest BCUT2D eigenvalue weighted by molar-refractivity contribution is 7.99. The van der Waals surface area contributed by atoms with Gasteiger partial charge in [0.15, 0.2) is 0 Å². The Balaban J connectivity index is 1.92. The van der Waals surface area contributed by atoms with Crippen molar-refractivity contribution >= 4 is 17.6 Å². The first kappa shape index (κ1) is 11.7. The molecule has 16 heavy (non-hydrogen) atoms. The van der Waals surface area contributed by atoms with E-state index < -0.39 is 0 Å². The normalized spacial score (nSPS) is 20.3. The first-order chi connectivity index (χ1) is 7.79. The third-order valence-corrected chi connectivity index (χ3v) is 4.05. The van der Waals surface area contributed by atoms with E-state index in [1.165, 1.54) is 17.9 Å². The molecule has 1 aromatic rings. The van der Waals surface area contributed by atoms with Gasteiger partial charge in [0.2, 0.25) is 0 Å². The average Bonchev–Trinajstić information content (AvgIpc) is 2.83. The molecular weight excluding hydrogens is 220 g/mol. The Hall–Kier alpha value is -0.810. The van der Waals surface area contributed by atoms with Gasteiger partial charge in [-0.15, -0.1) is 0 Å². The predicted octanol–water partition coefficient (Wildman–Crippen LogP) is 1.46. The number of rotatable bonds is 4. The predicted molar refractivity (Wildman–Crippen MR) is 68.8 cm³/mol. The first-order valence-corrected chi connectivity index (χ1v) is 6.71. The Bertz CT molecular complexity index is 321. The Labute approximate surface area is 101 Å². The summed E-state index contributed by atoms with van der Waals surface area (Å²) in [7, 11) is 4.02. The summed E-state index contributed by atoms with van der Waals surface area (Å²) in [5, 5.41) is 2.97. The summed E-state index contributed by atoms with van der Waals surface area (Å²) >= 11 is 2.04. The minimum atomic E-state index is 0.704. The molecule has 0 aromatic carbocycles. The highest BCUT2D eigenvalue weighted by Crippen LogP contribution is 2.22. The molecule has 1 fully saturated rings. The lowest BCUT2D eigenvalue weighted by Crippen LogP contribution is -2.31. The van der Waals surface area contributed by atoms with Crippen molar-refractivity contribution in [3.63, 3.8) is 0 Å². The van der Waals surface area contributed by atoms with Crippen LogP contribution in [0.15, 0.2) is 12.4 Å². The van der Waals surface area contributed by atoms with Crippen molar-refractivity contribution in [2.24, 2.45) is 0 Å². The summed E-state index contributed by atoms with van der Waals surface area (Å²) in [6.45, 7) is 0.891. The molecule has 1 N–H and O–H groups in total. The van der Waals surface area contributed by atoms with Crippen molar-refractivity contribution < 1.29 is 0 Å². The summed E-state index contributed by atoms with van der Waals surface area (Å²) in [4.78, 5) is 11.0. The van der Waals surface area contributed by atoms with E-state index in [0.717, 1.165) is 18.1 Å². The van der Waals surface area contributed by atoms with Gasteiger partial charge in [-0.05, 0) is 19.2 Å². The highest BCUT2D eigenvalue weighted by Gasteiger charge is 2.20. The zero-order chi connectivity index (χ0) is 11.4. The molecule has 1 aromatic heterocycles. The Kier molecular flexibility index (Phi) is 4.01. The number of aromatic nitrogens is 2. The fourth-order valence-electron chi connectivity index (χ4n) is 1.82. The second-order valence-electron chi connectivity index (χ2n) is 4.08. The zero-order valence-electron chi connectivity index (χ0n) is 9.81. The molecule has 88 valence electrons. The van der Waals surface area contributed by atoms with Crippen LogP contribution < -0.4 is 5.32 Å². The van der Waals surface area contributed by atoms with Crippen molar-refractivity contribution in [2.45, 2.75) is 19.0 Å². The molecule has 0 spiro atoms. The minimum absolute atomic E-state index is 0.704. The molecule has 1 aliphatic heterocycles. The van der Waals surface area contributed by atoms with E-state index in [1.807, 2.05) is 25.0 Å². The summed E-state index contributed by atoms with van der Waals surface area (Å²) in [5.41, 5.74) is 1.04. The first-order valence-electron chi connectivity index (χ1n) is 5.56. The van der Waals surface area contributed by atoms with Crippen LogP contribution in [0.25, 0.3) is 0 Å². The lowest BCUT2D eigenvalue weighted by atomic mass is 10.2. The van der Waals surface area contributed by atoms with E-state index in [9.17, 15) is 0 Å². The second kappa shape index (κ2) is 5.50. The summed E-state index contributed by atoms with van der Waals surface area (Å²) in [5.74, 6) is 3.36. The van der Waals surface area contributed by atoms with Gasteiger partial charge in [-0.25, -0.2) is 4.98 Å². The summed E-state index contributed by atoms with van der Waals surface area (Å²) in [6.07, 6.45) is 4.93. The smallest absolute Gasteiger partial charge is 0.144 e. The van der Waals surface area contributed by atoms with Gasteiger partial charge in [-0.3, -0.25) is 9.88 Å². The molecule has 1 saturated heterocycles. The van der Waals surface area contributed by atoms with Crippen LogP contribution >= 0.6 is 11.8 Å². The maximum absolute atomic E-state index is 4.39. The van der Waals surface area contributed by atoms with Crippen molar-refractivity contribution in [1.82, 2.24) is 14.9 Å². The molecule has 2 heterocycles. The Morgan fingerprint density at radius 2 is 2.38 bits per heavy atom. The molecule has 0 amide bonds. The molecule has 1 unspecified atom stereocenters. The standard InChI is InChI=1S/C11H18N4S/c1-12-11-6-13-9(5-14-11)7-15(2)10-3-4-16-8-10/h5-6,10H,3-4,7-8H2,1-2H3,(H,12,14). The third kappa shape index (κ3) is 2.86. The topological polar surface area (TPSA) is 41.1 Å². The lowest BCUT2D eigenvalue weighted by Gasteiger charge is -2.22. The van der Waals surface area contributed by atoms with Gasteiger partial charge in [0.1, 0.15) is 5.82 Å². The van der Waals surface area contributed by atoms with Crippen LogP contribution in [0.2, 0.25) is 0 Å². The highest BCUT2D eigenvalue weighted by atomic mass is 32.2. The number of hydrogen-bond acceptors (Lipinski definition) is 5. The van der Waals surface area contributed by atoms with E-state index in [1.54, 1.807) is 6.20 Å². The molecule has 0 radical (unpaired) electrons. The second-order valence-corrected chi connectivity index (χ2v) is 5.23. The number of anilines is 1. The maximum atomic E-state index is 4.39. The summed E-state index contributed by atoms with van der Waals surface area (Å²) in [6, 6.07) is 0.704. The van der Waals surface area contributed by atoms with Crippen molar-refractivity contribution in [3.05, 3.63) is 18.1 Å². The molecule has 4 nitrogen and oxygen atoms in total. The van der Waals surface area contributed by atoms with E-state index in [4.69, 9.17) is 0 Å². The van der Waals surface area contributed by atoms with E-state index >= 15 is 0 Å². The quantitative estimate of drug-likeness (QED) is 0.860. The van der Waals surface area contributed by atoms with Gasteiger partial charge in [0, 0.05) is 25.4 Å². The third-order valence-electron chi connectivity index (χ3n) is 2.90. The molecule has 0 aliphatic carbocycles. The maximum Gasteiger partial charge on any atom is 0.144 e. The number of hydrogen-bond donors (Lipinski definition) is 1. The van der Waals surface area contributed by atoms with Crippen LogP contribution in [0, 0.1) is 0 Å². The minimum Gasteiger partial charge on any atom is -0.372 e. The fourth-order valence-corrected chi connectivity index (χ4v) is 3.12. The van der Waals surface area contributed by atoms with E-state index in [0.29, 0.717) is 6.04 Å². The molecular formula is C11H18N4S. The molecule has 1 atom stereocenters. The van der Waals surface area contributed by atoms with Crippen LogP contribution in [0.5, 0.6) is 0 Å². The molecule has 0 saturated carbocycles. The zero-order valence-corrected chi connectivity index (χ0v) is 10.6. The molecule has 2 rings (SSSR count). The Morgan fingerprint density at radius 1 is 1.50 bits per heavy atom. The molecule has 1 aliphatic rings. The number of thioether (sulfide) groups is 1. The van der Waals surface area contributed by atoms with Crippen LogP contribution in [-0.2, 0) is 6.54 Å².